The molecule has 1 fully saturated rings. The maximum atomic E-state index is 12.5. The fourth-order valence-electron chi connectivity index (χ4n) is 4.23. The van der Waals surface area contributed by atoms with Crippen LogP contribution in [0.1, 0.15) is 40.2 Å². The van der Waals surface area contributed by atoms with E-state index in [9.17, 15) is 4.79 Å². The molecule has 1 aliphatic rings. The SMILES string of the molecule is O=C(Nc1ccccc1)c1ccc(CSc2nnc(CN3CCCC3)n2Cc2ccccc2)cc1. The number of para-hydroxylation sites is 1. The summed E-state index contributed by atoms with van der Waals surface area (Å²) in [4.78, 5) is 15.0. The molecule has 0 bridgehead atoms. The Morgan fingerprint density at radius 1 is 0.800 bits per heavy atom. The molecule has 2 heterocycles. The van der Waals surface area contributed by atoms with E-state index in [4.69, 9.17) is 0 Å². The van der Waals surface area contributed by atoms with Crippen molar-refractivity contribution >= 4 is 23.4 Å². The quantitative estimate of drug-likeness (QED) is 0.320. The van der Waals surface area contributed by atoms with Gasteiger partial charge in [0.2, 0.25) is 0 Å². The van der Waals surface area contributed by atoms with Gasteiger partial charge in [-0.15, -0.1) is 10.2 Å². The van der Waals surface area contributed by atoms with Gasteiger partial charge in [-0.3, -0.25) is 9.69 Å². The van der Waals surface area contributed by atoms with E-state index < -0.39 is 0 Å². The second kappa shape index (κ2) is 11.3. The average Bonchev–Trinajstić information content (AvgIpc) is 3.55. The fourth-order valence-corrected chi connectivity index (χ4v) is 5.15. The van der Waals surface area contributed by atoms with Gasteiger partial charge >= 0.3 is 0 Å². The van der Waals surface area contributed by atoms with Crippen LogP contribution >= 0.6 is 11.8 Å². The third-order valence-corrected chi connectivity index (χ3v) is 7.19. The number of benzene rings is 3. The number of nitrogens with zero attached hydrogens (tertiary/aromatic N) is 4. The molecule has 0 saturated carbocycles. The Labute approximate surface area is 210 Å². The van der Waals surface area contributed by atoms with Crippen LogP contribution in [0.4, 0.5) is 5.69 Å². The highest BCUT2D eigenvalue weighted by atomic mass is 32.2. The molecule has 0 aliphatic carbocycles. The summed E-state index contributed by atoms with van der Waals surface area (Å²) in [5.74, 6) is 1.67. The zero-order chi connectivity index (χ0) is 23.9. The molecule has 1 amide bonds. The minimum Gasteiger partial charge on any atom is -0.322 e. The number of nitrogens with one attached hydrogen (secondary N) is 1. The van der Waals surface area contributed by atoms with Gasteiger partial charge in [0.15, 0.2) is 5.16 Å². The van der Waals surface area contributed by atoms with Crippen molar-refractivity contribution in [2.75, 3.05) is 18.4 Å². The molecule has 6 nitrogen and oxygen atoms in total. The smallest absolute Gasteiger partial charge is 0.255 e. The van der Waals surface area contributed by atoms with Gasteiger partial charge in [-0.2, -0.15) is 0 Å². The molecule has 1 N–H and O–H groups in total. The number of hydrogen-bond acceptors (Lipinski definition) is 5. The first-order valence-electron chi connectivity index (χ1n) is 12.0. The number of likely N-dealkylation sites (tertiary alicyclic amines) is 1. The number of carbonyl (C=O) groups excluding carboxylic acids is 1. The molecule has 0 spiro atoms. The summed E-state index contributed by atoms with van der Waals surface area (Å²) in [6, 6.07) is 27.8. The zero-order valence-electron chi connectivity index (χ0n) is 19.6. The van der Waals surface area contributed by atoms with Crippen LogP contribution in [0.25, 0.3) is 0 Å². The Kier molecular flexibility index (Phi) is 7.56. The molecule has 4 aromatic rings. The minimum atomic E-state index is -0.107. The van der Waals surface area contributed by atoms with Crippen LogP contribution in [-0.4, -0.2) is 38.7 Å². The van der Waals surface area contributed by atoms with Crippen LogP contribution < -0.4 is 5.32 Å². The van der Waals surface area contributed by atoms with Crippen LogP contribution in [0.5, 0.6) is 0 Å². The molecule has 7 heteroatoms. The maximum absolute atomic E-state index is 12.5. The highest BCUT2D eigenvalue weighted by molar-refractivity contribution is 7.98. The van der Waals surface area contributed by atoms with Gasteiger partial charge < -0.3 is 9.88 Å². The van der Waals surface area contributed by atoms with Crippen molar-refractivity contribution in [2.24, 2.45) is 0 Å². The molecule has 5 rings (SSSR count). The normalized spacial score (nSPS) is 13.7. The second-order valence-electron chi connectivity index (χ2n) is 8.76. The first-order chi connectivity index (χ1) is 17.2. The molecule has 1 saturated heterocycles. The van der Waals surface area contributed by atoms with Gasteiger partial charge in [0.25, 0.3) is 5.91 Å². The van der Waals surface area contributed by atoms with E-state index in [0.717, 1.165) is 54.2 Å². The van der Waals surface area contributed by atoms with E-state index in [0.29, 0.717) is 5.56 Å². The number of carbonyl (C=O) groups is 1. The molecule has 1 aromatic heterocycles. The van der Waals surface area contributed by atoms with E-state index >= 15 is 0 Å². The zero-order valence-corrected chi connectivity index (χ0v) is 20.5. The number of thioether (sulfide) groups is 1. The van der Waals surface area contributed by atoms with E-state index in [1.165, 1.54) is 18.4 Å². The molecule has 178 valence electrons. The first kappa shape index (κ1) is 23.3. The van der Waals surface area contributed by atoms with Crippen molar-refractivity contribution in [3.05, 3.63) is 107 Å². The van der Waals surface area contributed by atoms with Crippen molar-refractivity contribution in [3.8, 4) is 0 Å². The van der Waals surface area contributed by atoms with Crippen LogP contribution in [-0.2, 0) is 18.8 Å². The monoisotopic (exact) mass is 483 g/mol. The van der Waals surface area contributed by atoms with Crippen molar-refractivity contribution < 1.29 is 4.79 Å². The minimum absolute atomic E-state index is 0.107. The van der Waals surface area contributed by atoms with E-state index in [2.05, 4.69) is 49.2 Å². The van der Waals surface area contributed by atoms with Gasteiger partial charge in [0.05, 0.1) is 13.1 Å². The predicted octanol–water partition coefficient (Wildman–Crippen LogP) is 5.47. The standard InChI is InChI=1S/C28H29N5OS/c34-27(29-25-11-5-2-6-12-25)24-15-13-23(14-16-24)21-35-28-31-30-26(20-32-17-7-8-18-32)33(28)19-22-9-3-1-4-10-22/h1-6,9-16H,7-8,17-21H2,(H,29,34). The van der Waals surface area contributed by atoms with Crippen molar-refractivity contribution in [2.45, 2.75) is 36.8 Å². The molecule has 0 radical (unpaired) electrons. The Morgan fingerprint density at radius 2 is 1.49 bits per heavy atom. The van der Waals surface area contributed by atoms with Gasteiger partial charge in [0, 0.05) is 17.0 Å². The molecule has 35 heavy (non-hydrogen) atoms. The number of rotatable bonds is 9. The van der Waals surface area contributed by atoms with Crippen LogP contribution in [0.2, 0.25) is 0 Å². The average molecular weight is 484 g/mol. The lowest BCUT2D eigenvalue weighted by Crippen LogP contribution is -2.21. The largest absolute Gasteiger partial charge is 0.322 e. The lowest BCUT2D eigenvalue weighted by atomic mass is 10.1. The maximum Gasteiger partial charge on any atom is 0.255 e. The number of amides is 1. The van der Waals surface area contributed by atoms with Gasteiger partial charge in [-0.1, -0.05) is 72.4 Å². The summed E-state index contributed by atoms with van der Waals surface area (Å²) in [6.45, 7) is 3.86. The predicted molar refractivity (Wildman–Crippen MR) is 140 cm³/mol. The topological polar surface area (TPSA) is 63.1 Å². The number of anilines is 1. The molecular formula is C28H29N5OS. The lowest BCUT2D eigenvalue weighted by molar-refractivity contribution is 0.102. The van der Waals surface area contributed by atoms with Gasteiger partial charge in [-0.05, 0) is 61.3 Å². The van der Waals surface area contributed by atoms with E-state index in [1.807, 2.05) is 60.7 Å². The third kappa shape index (κ3) is 6.18. The highest BCUT2D eigenvalue weighted by Gasteiger charge is 2.19. The fraction of sp³-hybridized carbons (Fsp3) is 0.250. The summed E-state index contributed by atoms with van der Waals surface area (Å²) in [6.07, 6.45) is 2.52. The van der Waals surface area contributed by atoms with Crippen LogP contribution in [0, 0.1) is 0 Å². The molecule has 0 atom stereocenters. The molecular weight excluding hydrogens is 454 g/mol. The number of aromatic nitrogens is 3. The van der Waals surface area contributed by atoms with Gasteiger partial charge in [0.1, 0.15) is 5.82 Å². The summed E-state index contributed by atoms with van der Waals surface area (Å²) in [5.41, 5.74) is 3.81. The Morgan fingerprint density at radius 3 is 2.20 bits per heavy atom. The third-order valence-electron chi connectivity index (χ3n) is 6.16. The molecule has 1 aliphatic heterocycles. The van der Waals surface area contributed by atoms with Crippen LogP contribution in [0.15, 0.2) is 90.1 Å². The highest BCUT2D eigenvalue weighted by Crippen LogP contribution is 2.24. The van der Waals surface area contributed by atoms with Crippen LogP contribution in [0.3, 0.4) is 0 Å². The van der Waals surface area contributed by atoms with Crippen molar-refractivity contribution in [1.29, 1.82) is 0 Å². The first-order valence-corrected chi connectivity index (χ1v) is 13.0. The Bertz CT molecular complexity index is 1240. The Balaban J connectivity index is 1.26. The van der Waals surface area contributed by atoms with E-state index in [1.54, 1.807) is 11.8 Å². The summed E-state index contributed by atoms with van der Waals surface area (Å²) < 4.78 is 2.25. The van der Waals surface area contributed by atoms with E-state index in [-0.39, 0.29) is 5.91 Å². The summed E-state index contributed by atoms with van der Waals surface area (Å²) in [5, 5.41) is 13.0. The molecule has 3 aromatic carbocycles. The Hall–Kier alpha value is -3.42. The van der Waals surface area contributed by atoms with Crippen molar-refractivity contribution in [3.63, 3.8) is 0 Å². The summed E-state index contributed by atoms with van der Waals surface area (Å²) >= 11 is 1.69. The number of hydrogen-bond donors (Lipinski definition) is 1. The van der Waals surface area contributed by atoms with Gasteiger partial charge in [-0.25, -0.2) is 0 Å². The van der Waals surface area contributed by atoms with Crippen molar-refractivity contribution in [1.82, 2.24) is 19.7 Å². The lowest BCUT2D eigenvalue weighted by Gasteiger charge is -2.16. The second-order valence-corrected chi connectivity index (χ2v) is 9.70. The summed E-state index contributed by atoms with van der Waals surface area (Å²) in [7, 11) is 0. The molecule has 0 unspecified atom stereocenters.